The van der Waals surface area contributed by atoms with Gasteiger partial charge in [0, 0.05) is 22.5 Å². The minimum absolute atomic E-state index is 0.180. The van der Waals surface area contributed by atoms with E-state index < -0.39 is 0 Å². The molecule has 4 aromatic rings. The van der Waals surface area contributed by atoms with Gasteiger partial charge in [0.15, 0.2) is 0 Å². The van der Waals surface area contributed by atoms with Crippen molar-refractivity contribution in [3.8, 4) is 10.6 Å². The van der Waals surface area contributed by atoms with Crippen LogP contribution in [0, 0.1) is 6.92 Å². The molecular formula is C21H17N3OS. The molecule has 1 heterocycles. The van der Waals surface area contributed by atoms with Gasteiger partial charge in [0.2, 0.25) is 0 Å². The van der Waals surface area contributed by atoms with Gasteiger partial charge in [-0.3, -0.25) is 4.79 Å². The van der Waals surface area contributed by atoms with Crippen LogP contribution in [0.3, 0.4) is 0 Å². The Balaban J connectivity index is 1.55. The van der Waals surface area contributed by atoms with Gasteiger partial charge < -0.3 is 11.1 Å². The number of fused-ring (bicyclic) bond motifs is 1. The van der Waals surface area contributed by atoms with Gasteiger partial charge in [0.1, 0.15) is 5.01 Å². The molecular weight excluding hydrogens is 342 g/mol. The first-order valence-electron chi connectivity index (χ1n) is 8.23. The van der Waals surface area contributed by atoms with Crippen molar-refractivity contribution < 1.29 is 4.79 Å². The van der Waals surface area contributed by atoms with Gasteiger partial charge in [0.25, 0.3) is 5.91 Å². The molecule has 128 valence electrons. The summed E-state index contributed by atoms with van der Waals surface area (Å²) < 4.78 is 1.18. The molecule has 26 heavy (non-hydrogen) atoms. The van der Waals surface area contributed by atoms with E-state index in [1.54, 1.807) is 35.6 Å². The highest BCUT2D eigenvalue weighted by Crippen LogP contribution is 2.31. The topological polar surface area (TPSA) is 68.0 Å². The molecule has 3 N–H and O–H groups in total. The van der Waals surface area contributed by atoms with Crippen LogP contribution in [-0.4, -0.2) is 10.9 Å². The van der Waals surface area contributed by atoms with Crippen LogP contribution in [-0.2, 0) is 0 Å². The van der Waals surface area contributed by atoms with Gasteiger partial charge in [-0.1, -0.05) is 12.1 Å². The Bertz CT molecular complexity index is 1100. The van der Waals surface area contributed by atoms with E-state index >= 15 is 0 Å². The van der Waals surface area contributed by atoms with E-state index in [1.807, 2.05) is 30.3 Å². The summed E-state index contributed by atoms with van der Waals surface area (Å²) in [5.74, 6) is -0.180. The van der Waals surface area contributed by atoms with Crippen molar-refractivity contribution in [1.29, 1.82) is 0 Å². The Labute approximate surface area is 155 Å². The third-order valence-corrected chi connectivity index (χ3v) is 5.15. The second-order valence-corrected chi connectivity index (χ2v) is 7.18. The van der Waals surface area contributed by atoms with Crippen molar-refractivity contribution in [2.45, 2.75) is 6.92 Å². The number of thiazole rings is 1. The number of carbonyl (C=O) groups is 1. The second-order valence-electron chi connectivity index (χ2n) is 6.15. The third kappa shape index (κ3) is 3.30. The Hall–Kier alpha value is -3.18. The number of carbonyl (C=O) groups excluding carboxylic acids is 1. The molecule has 0 saturated heterocycles. The predicted molar refractivity (Wildman–Crippen MR) is 109 cm³/mol. The Morgan fingerprint density at radius 1 is 1.04 bits per heavy atom. The number of aromatic nitrogens is 1. The molecule has 4 rings (SSSR count). The molecule has 0 radical (unpaired) electrons. The van der Waals surface area contributed by atoms with Crippen molar-refractivity contribution >= 4 is 38.8 Å². The second kappa shape index (κ2) is 6.61. The quantitative estimate of drug-likeness (QED) is 0.500. The number of rotatable bonds is 3. The number of nitrogen functional groups attached to an aromatic ring is 1. The summed E-state index contributed by atoms with van der Waals surface area (Å²) in [7, 11) is 0. The van der Waals surface area contributed by atoms with Gasteiger partial charge in [-0.2, -0.15) is 0 Å². The molecule has 0 fully saturated rings. The highest BCUT2D eigenvalue weighted by Gasteiger charge is 2.09. The summed E-state index contributed by atoms with van der Waals surface area (Å²) in [6.45, 7) is 2.08. The maximum absolute atomic E-state index is 12.3. The first kappa shape index (κ1) is 16.3. The normalized spacial score (nSPS) is 10.8. The summed E-state index contributed by atoms with van der Waals surface area (Å²) in [5, 5.41) is 3.86. The zero-order valence-electron chi connectivity index (χ0n) is 14.2. The summed E-state index contributed by atoms with van der Waals surface area (Å²) in [6, 6.07) is 20.9. The number of nitrogens with two attached hydrogens (primary N) is 1. The fourth-order valence-electron chi connectivity index (χ4n) is 2.73. The van der Waals surface area contributed by atoms with Crippen LogP contribution in [0.2, 0.25) is 0 Å². The summed E-state index contributed by atoms with van der Waals surface area (Å²) in [4.78, 5) is 17.0. The van der Waals surface area contributed by atoms with Crippen LogP contribution in [0.4, 0.5) is 11.4 Å². The van der Waals surface area contributed by atoms with Gasteiger partial charge in [0.05, 0.1) is 10.2 Å². The highest BCUT2D eigenvalue weighted by atomic mass is 32.1. The molecule has 3 aromatic carbocycles. The van der Waals surface area contributed by atoms with Crippen molar-refractivity contribution in [2.24, 2.45) is 0 Å². The Morgan fingerprint density at radius 2 is 1.85 bits per heavy atom. The van der Waals surface area contributed by atoms with Crippen molar-refractivity contribution in [3.63, 3.8) is 0 Å². The highest BCUT2D eigenvalue weighted by molar-refractivity contribution is 7.21. The van der Waals surface area contributed by atoms with Crippen molar-refractivity contribution in [3.05, 3.63) is 77.9 Å². The minimum Gasteiger partial charge on any atom is -0.399 e. The van der Waals surface area contributed by atoms with E-state index in [0.29, 0.717) is 11.3 Å². The van der Waals surface area contributed by atoms with Crippen molar-refractivity contribution in [2.75, 3.05) is 11.1 Å². The number of aryl methyl sites for hydroxylation is 1. The van der Waals surface area contributed by atoms with Crippen molar-refractivity contribution in [1.82, 2.24) is 4.98 Å². The number of hydrogen-bond donors (Lipinski definition) is 2. The molecule has 0 bridgehead atoms. The average molecular weight is 359 g/mol. The van der Waals surface area contributed by atoms with Crippen LogP contribution in [0.15, 0.2) is 66.7 Å². The molecule has 0 unspecified atom stereocenters. The summed E-state index contributed by atoms with van der Waals surface area (Å²) in [5.41, 5.74) is 10.8. The Kier molecular flexibility index (Phi) is 4.14. The maximum atomic E-state index is 12.3. The van der Waals surface area contributed by atoms with Gasteiger partial charge in [-0.25, -0.2) is 4.98 Å². The number of amides is 1. The SMILES string of the molecule is Cc1ccc2nc(-c3ccc(NC(=O)c4cccc(N)c4)cc3)sc2c1. The van der Waals surface area contributed by atoms with E-state index in [9.17, 15) is 4.79 Å². The number of anilines is 2. The first-order valence-corrected chi connectivity index (χ1v) is 9.05. The van der Waals surface area contributed by atoms with E-state index in [-0.39, 0.29) is 5.91 Å². The smallest absolute Gasteiger partial charge is 0.255 e. The monoisotopic (exact) mass is 359 g/mol. The number of nitrogens with zero attached hydrogens (tertiary/aromatic N) is 1. The molecule has 5 heteroatoms. The van der Waals surface area contributed by atoms with Crippen LogP contribution in [0.1, 0.15) is 15.9 Å². The largest absolute Gasteiger partial charge is 0.399 e. The standard InChI is InChI=1S/C21H17N3OS/c1-13-5-10-18-19(11-13)26-21(24-18)14-6-8-17(9-7-14)23-20(25)15-3-2-4-16(22)12-15/h2-12H,22H2,1H3,(H,23,25). The molecule has 0 aliphatic heterocycles. The van der Waals surface area contributed by atoms with Crippen LogP contribution < -0.4 is 11.1 Å². The van der Waals surface area contributed by atoms with Crippen LogP contribution in [0.25, 0.3) is 20.8 Å². The third-order valence-electron chi connectivity index (χ3n) is 4.08. The van der Waals surface area contributed by atoms with E-state index in [0.717, 1.165) is 21.8 Å². The van der Waals surface area contributed by atoms with Gasteiger partial charge in [-0.15, -0.1) is 11.3 Å². The van der Waals surface area contributed by atoms with Gasteiger partial charge in [-0.05, 0) is 67.1 Å². The number of benzene rings is 3. The lowest BCUT2D eigenvalue weighted by molar-refractivity contribution is 0.102. The lowest BCUT2D eigenvalue weighted by Crippen LogP contribution is -2.11. The molecule has 0 aliphatic carbocycles. The van der Waals surface area contributed by atoms with E-state index in [4.69, 9.17) is 5.73 Å². The van der Waals surface area contributed by atoms with E-state index in [1.165, 1.54) is 10.3 Å². The molecule has 0 atom stereocenters. The van der Waals surface area contributed by atoms with Crippen LogP contribution >= 0.6 is 11.3 Å². The summed E-state index contributed by atoms with van der Waals surface area (Å²) in [6.07, 6.45) is 0. The maximum Gasteiger partial charge on any atom is 0.255 e. The number of nitrogens with one attached hydrogen (secondary N) is 1. The zero-order chi connectivity index (χ0) is 18.1. The molecule has 0 saturated carbocycles. The van der Waals surface area contributed by atoms with Crippen LogP contribution in [0.5, 0.6) is 0 Å². The molecule has 0 aliphatic rings. The average Bonchev–Trinajstić information content (AvgIpc) is 3.05. The number of hydrogen-bond acceptors (Lipinski definition) is 4. The molecule has 1 aromatic heterocycles. The lowest BCUT2D eigenvalue weighted by Gasteiger charge is -2.06. The lowest BCUT2D eigenvalue weighted by atomic mass is 10.1. The molecule has 0 spiro atoms. The molecule has 4 nitrogen and oxygen atoms in total. The first-order chi connectivity index (χ1) is 12.6. The fourth-order valence-corrected chi connectivity index (χ4v) is 3.80. The predicted octanol–water partition coefficient (Wildman–Crippen LogP) is 5.11. The van der Waals surface area contributed by atoms with Gasteiger partial charge >= 0.3 is 0 Å². The zero-order valence-corrected chi connectivity index (χ0v) is 15.0. The molecule has 1 amide bonds. The van der Waals surface area contributed by atoms with E-state index in [2.05, 4.69) is 29.4 Å². The summed E-state index contributed by atoms with van der Waals surface area (Å²) >= 11 is 1.67. The Morgan fingerprint density at radius 3 is 2.62 bits per heavy atom. The minimum atomic E-state index is -0.180. The fraction of sp³-hybridized carbons (Fsp3) is 0.0476.